The van der Waals surface area contributed by atoms with Crippen LogP contribution in [0.25, 0.3) is 0 Å². The van der Waals surface area contributed by atoms with Crippen molar-refractivity contribution >= 4 is 12.6 Å². The molecule has 0 saturated carbocycles. The number of benzene rings is 1. The summed E-state index contributed by atoms with van der Waals surface area (Å²) in [6.45, 7) is 9.53. The monoisotopic (exact) mass is 238 g/mol. The van der Waals surface area contributed by atoms with E-state index < -0.39 is 0 Å². The van der Waals surface area contributed by atoms with E-state index in [-0.39, 0.29) is 5.41 Å². The first-order chi connectivity index (χ1) is 7.45. The molecule has 1 aromatic rings. The van der Waals surface area contributed by atoms with Crippen LogP contribution in [0.4, 0.5) is 0 Å². The van der Waals surface area contributed by atoms with Gasteiger partial charge in [0.1, 0.15) is 5.75 Å². The van der Waals surface area contributed by atoms with Gasteiger partial charge in [-0.25, -0.2) is 0 Å². The maximum absolute atomic E-state index is 5.70. The molecule has 0 fully saturated rings. The zero-order valence-corrected chi connectivity index (χ0v) is 11.6. The Bertz CT molecular complexity index is 339. The standard InChI is InChI=1S/C14H22OS/c1-11-10-12(14(2,3)4)6-7-13(11)15-8-5-9-16/h6-7,10,16H,5,8-9H2,1-4H3. The molecule has 0 saturated heterocycles. The van der Waals surface area contributed by atoms with Crippen LogP contribution in [0.15, 0.2) is 18.2 Å². The summed E-state index contributed by atoms with van der Waals surface area (Å²) in [6, 6.07) is 6.45. The van der Waals surface area contributed by atoms with Gasteiger partial charge in [-0.05, 0) is 41.7 Å². The Labute approximate surface area is 105 Å². The van der Waals surface area contributed by atoms with E-state index in [4.69, 9.17) is 4.74 Å². The molecule has 0 radical (unpaired) electrons. The van der Waals surface area contributed by atoms with Crippen LogP contribution in [-0.4, -0.2) is 12.4 Å². The molecule has 0 aromatic heterocycles. The van der Waals surface area contributed by atoms with Crippen LogP contribution in [0.3, 0.4) is 0 Å². The molecule has 1 nitrogen and oxygen atoms in total. The first-order valence-electron chi connectivity index (χ1n) is 5.80. The summed E-state index contributed by atoms with van der Waals surface area (Å²) in [6.07, 6.45) is 0.990. The first-order valence-corrected chi connectivity index (χ1v) is 6.43. The summed E-state index contributed by atoms with van der Waals surface area (Å²) in [5.74, 6) is 1.87. The van der Waals surface area contributed by atoms with Gasteiger partial charge < -0.3 is 4.74 Å². The molecule has 0 aliphatic carbocycles. The van der Waals surface area contributed by atoms with E-state index in [0.717, 1.165) is 24.5 Å². The lowest BCUT2D eigenvalue weighted by Crippen LogP contribution is -2.11. The van der Waals surface area contributed by atoms with Gasteiger partial charge in [0.25, 0.3) is 0 Å². The van der Waals surface area contributed by atoms with Crippen molar-refractivity contribution in [1.29, 1.82) is 0 Å². The molecular weight excluding hydrogens is 216 g/mol. The highest BCUT2D eigenvalue weighted by atomic mass is 32.1. The Hall–Kier alpha value is -0.630. The Morgan fingerprint density at radius 3 is 2.44 bits per heavy atom. The molecule has 90 valence electrons. The van der Waals surface area contributed by atoms with Crippen molar-refractivity contribution < 1.29 is 4.74 Å². The van der Waals surface area contributed by atoms with Crippen molar-refractivity contribution in [2.45, 2.75) is 39.5 Å². The molecule has 1 rings (SSSR count). The van der Waals surface area contributed by atoms with Gasteiger partial charge >= 0.3 is 0 Å². The zero-order chi connectivity index (χ0) is 12.2. The van der Waals surface area contributed by atoms with Crippen LogP contribution in [0.5, 0.6) is 5.75 Å². The number of hydrogen-bond acceptors (Lipinski definition) is 2. The Morgan fingerprint density at radius 2 is 1.94 bits per heavy atom. The van der Waals surface area contributed by atoms with Crippen molar-refractivity contribution in [2.24, 2.45) is 0 Å². The van der Waals surface area contributed by atoms with Crippen molar-refractivity contribution in [3.63, 3.8) is 0 Å². The lowest BCUT2D eigenvalue weighted by Gasteiger charge is -2.20. The fourth-order valence-electron chi connectivity index (χ4n) is 1.52. The normalized spacial score (nSPS) is 11.6. The highest BCUT2D eigenvalue weighted by Crippen LogP contribution is 2.27. The van der Waals surface area contributed by atoms with E-state index in [1.807, 2.05) is 0 Å². The van der Waals surface area contributed by atoms with E-state index >= 15 is 0 Å². The largest absolute Gasteiger partial charge is 0.493 e. The summed E-state index contributed by atoms with van der Waals surface area (Å²) in [7, 11) is 0. The first kappa shape index (κ1) is 13.4. The minimum absolute atomic E-state index is 0.203. The second kappa shape index (κ2) is 5.62. The van der Waals surface area contributed by atoms with Crippen molar-refractivity contribution in [1.82, 2.24) is 0 Å². The molecule has 0 N–H and O–H groups in total. The van der Waals surface area contributed by atoms with Gasteiger partial charge in [-0.1, -0.05) is 32.9 Å². The minimum Gasteiger partial charge on any atom is -0.493 e. The second-order valence-electron chi connectivity index (χ2n) is 5.16. The van der Waals surface area contributed by atoms with Gasteiger partial charge in [0.05, 0.1) is 6.61 Å². The van der Waals surface area contributed by atoms with Crippen LogP contribution in [0.2, 0.25) is 0 Å². The molecule has 16 heavy (non-hydrogen) atoms. The molecule has 1 aromatic carbocycles. The number of hydrogen-bond donors (Lipinski definition) is 1. The quantitative estimate of drug-likeness (QED) is 0.616. The average molecular weight is 238 g/mol. The van der Waals surface area contributed by atoms with Crippen LogP contribution >= 0.6 is 12.6 Å². The third-order valence-corrected chi connectivity index (χ3v) is 2.92. The number of thiol groups is 1. The van der Waals surface area contributed by atoms with Crippen LogP contribution in [0.1, 0.15) is 38.3 Å². The highest BCUT2D eigenvalue weighted by molar-refractivity contribution is 7.80. The third-order valence-electron chi connectivity index (χ3n) is 2.60. The molecule has 0 bridgehead atoms. The number of aryl methyl sites for hydroxylation is 1. The van der Waals surface area contributed by atoms with Crippen molar-refractivity contribution in [3.05, 3.63) is 29.3 Å². The zero-order valence-electron chi connectivity index (χ0n) is 10.7. The van der Waals surface area contributed by atoms with E-state index in [0.29, 0.717) is 0 Å². The maximum atomic E-state index is 5.70. The SMILES string of the molecule is Cc1cc(C(C)(C)C)ccc1OCCCS. The fraction of sp³-hybridized carbons (Fsp3) is 0.571. The van der Waals surface area contributed by atoms with Gasteiger partial charge in [-0.3, -0.25) is 0 Å². The predicted molar refractivity (Wildman–Crippen MR) is 73.8 cm³/mol. The minimum atomic E-state index is 0.203. The molecule has 0 spiro atoms. The molecule has 0 amide bonds. The van der Waals surface area contributed by atoms with E-state index in [1.165, 1.54) is 11.1 Å². The van der Waals surface area contributed by atoms with Gasteiger partial charge in [0, 0.05) is 0 Å². The lowest BCUT2D eigenvalue weighted by molar-refractivity contribution is 0.316. The average Bonchev–Trinajstić information content (AvgIpc) is 2.19. The number of rotatable bonds is 4. The van der Waals surface area contributed by atoms with E-state index in [9.17, 15) is 0 Å². The van der Waals surface area contributed by atoms with Crippen molar-refractivity contribution in [2.75, 3.05) is 12.4 Å². The molecule has 2 heteroatoms. The highest BCUT2D eigenvalue weighted by Gasteiger charge is 2.14. The smallest absolute Gasteiger partial charge is 0.122 e. The lowest BCUT2D eigenvalue weighted by atomic mass is 9.86. The Balaban J connectivity index is 2.76. The summed E-state index contributed by atoms with van der Waals surface area (Å²) in [5, 5.41) is 0. The molecule has 0 aliphatic heterocycles. The Kier molecular flexibility index (Phi) is 4.72. The summed E-state index contributed by atoms with van der Waals surface area (Å²) in [4.78, 5) is 0. The van der Waals surface area contributed by atoms with Crippen LogP contribution < -0.4 is 4.74 Å². The van der Waals surface area contributed by atoms with Gasteiger partial charge in [0.15, 0.2) is 0 Å². The van der Waals surface area contributed by atoms with Crippen LogP contribution in [0, 0.1) is 6.92 Å². The summed E-state index contributed by atoms with van der Waals surface area (Å²) in [5.41, 5.74) is 2.77. The molecule has 0 unspecified atom stereocenters. The van der Waals surface area contributed by atoms with Gasteiger partial charge in [0.2, 0.25) is 0 Å². The topological polar surface area (TPSA) is 9.23 Å². The van der Waals surface area contributed by atoms with Crippen molar-refractivity contribution in [3.8, 4) is 5.75 Å². The molecule has 0 atom stereocenters. The van der Waals surface area contributed by atoms with Crippen LogP contribution in [-0.2, 0) is 5.41 Å². The summed E-state index contributed by atoms with van der Waals surface area (Å²) >= 11 is 4.17. The predicted octanol–water partition coefficient (Wildman–Crippen LogP) is 3.99. The van der Waals surface area contributed by atoms with Gasteiger partial charge in [-0.2, -0.15) is 12.6 Å². The second-order valence-corrected chi connectivity index (χ2v) is 5.60. The molecular formula is C14H22OS. The summed E-state index contributed by atoms with van der Waals surface area (Å²) < 4.78 is 5.70. The maximum Gasteiger partial charge on any atom is 0.122 e. The molecule has 0 heterocycles. The van der Waals surface area contributed by atoms with E-state index in [2.05, 4.69) is 58.5 Å². The third kappa shape index (κ3) is 3.75. The van der Waals surface area contributed by atoms with Gasteiger partial charge in [-0.15, -0.1) is 0 Å². The Morgan fingerprint density at radius 1 is 1.25 bits per heavy atom. The number of ether oxygens (including phenoxy) is 1. The fourth-order valence-corrected chi connectivity index (χ4v) is 1.65. The van der Waals surface area contributed by atoms with E-state index in [1.54, 1.807) is 0 Å². The molecule has 0 aliphatic rings.